The molecular weight excluding hydrogens is 418 g/mol. The van der Waals surface area contributed by atoms with Gasteiger partial charge in [0, 0.05) is 32.3 Å². The number of hydrogen-bond donors (Lipinski definition) is 2. The molecule has 2 aromatic heterocycles. The van der Waals surface area contributed by atoms with Crippen LogP contribution in [0.2, 0.25) is 0 Å². The molecule has 0 atom stereocenters. The lowest BCUT2D eigenvalue weighted by Crippen LogP contribution is -2.31. The van der Waals surface area contributed by atoms with Crippen LogP contribution in [-0.2, 0) is 24.2 Å². The zero-order chi connectivity index (χ0) is 23.2. The number of methoxy groups -OCH3 is 1. The van der Waals surface area contributed by atoms with E-state index in [1.54, 1.807) is 7.11 Å². The zero-order valence-electron chi connectivity index (χ0n) is 19.7. The molecule has 176 valence electrons. The summed E-state index contributed by atoms with van der Waals surface area (Å²) in [6.07, 6.45) is 5.25. The van der Waals surface area contributed by atoms with Crippen molar-refractivity contribution in [1.82, 2.24) is 20.1 Å². The molecule has 1 aromatic carbocycles. The van der Waals surface area contributed by atoms with Crippen LogP contribution in [0.5, 0.6) is 5.75 Å². The first kappa shape index (κ1) is 23.0. The van der Waals surface area contributed by atoms with Crippen LogP contribution < -0.4 is 15.4 Å². The summed E-state index contributed by atoms with van der Waals surface area (Å²) in [6, 6.07) is 7.96. The molecule has 1 aliphatic rings. The lowest BCUT2D eigenvalue weighted by Gasteiger charge is -2.26. The van der Waals surface area contributed by atoms with Crippen molar-refractivity contribution in [2.45, 2.75) is 58.7 Å². The van der Waals surface area contributed by atoms with Gasteiger partial charge in [-0.05, 0) is 43.9 Å². The van der Waals surface area contributed by atoms with Crippen molar-refractivity contribution in [3.8, 4) is 5.75 Å². The van der Waals surface area contributed by atoms with Crippen molar-refractivity contribution >= 4 is 22.6 Å². The Morgan fingerprint density at radius 1 is 1.21 bits per heavy atom. The Labute approximate surface area is 194 Å². The topological polar surface area (TPSA) is 90.3 Å². The van der Waals surface area contributed by atoms with E-state index in [1.165, 1.54) is 0 Å². The largest absolute Gasteiger partial charge is 0.497 e. The van der Waals surface area contributed by atoms with Crippen LogP contribution in [0.3, 0.4) is 0 Å². The maximum atomic E-state index is 13.6. The number of nitrogens with zero attached hydrogens (tertiary/aromatic N) is 3. The molecule has 0 unspecified atom stereocenters. The summed E-state index contributed by atoms with van der Waals surface area (Å²) in [6.45, 7) is 6.75. The Morgan fingerprint density at radius 2 is 1.97 bits per heavy atom. The maximum absolute atomic E-state index is 13.6. The predicted molar refractivity (Wildman–Crippen MR) is 129 cm³/mol. The molecular formula is C25H33N5O3. The summed E-state index contributed by atoms with van der Waals surface area (Å²) in [7, 11) is 1.64. The Morgan fingerprint density at radius 3 is 2.64 bits per heavy atom. The second kappa shape index (κ2) is 10.7. The molecule has 4 rings (SSSR count). The quantitative estimate of drug-likeness (QED) is 0.512. The van der Waals surface area contributed by atoms with Gasteiger partial charge in [-0.1, -0.05) is 25.5 Å². The van der Waals surface area contributed by atoms with Gasteiger partial charge in [0.1, 0.15) is 5.75 Å². The van der Waals surface area contributed by atoms with E-state index >= 15 is 0 Å². The van der Waals surface area contributed by atoms with Gasteiger partial charge in [-0.3, -0.25) is 4.79 Å². The summed E-state index contributed by atoms with van der Waals surface area (Å²) < 4.78 is 12.7. The highest BCUT2D eigenvalue weighted by Gasteiger charge is 2.25. The van der Waals surface area contributed by atoms with E-state index in [-0.39, 0.29) is 11.9 Å². The minimum absolute atomic E-state index is 0.123. The third-order valence-corrected chi connectivity index (χ3v) is 6.06. The molecule has 3 heterocycles. The minimum Gasteiger partial charge on any atom is -0.497 e. The fourth-order valence-electron chi connectivity index (χ4n) is 4.24. The van der Waals surface area contributed by atoms with Gasteiger partial charge < -0.3 is 20.1 Å². The average Bonchev–Trinajstić information content (AvgIpc) is 3.27. The van der Waals surface area contributed by atoms with Crippen LogP contribution in [0.25, 0.3) is 11.0 Å². The number of ether oxygens (including phenoxy) is 2. The van der Waals surface area contributed by atoms with Gasteiger partial charge in [-0.2, -0.15) is 5.10 Å². The maximum Gasteiger partial charge on any atom is 0.255 e. The van der Waals surface area contributed by atoms with Gasteiger partial charge in [0.15, 0.2) is 5.65 Å². The Bertz CT molecular complexity index is 1090. The summed E-state index contributed by atoms with van der Waals surface area (Å²) in [4.78, 5) is 18.5. The molecule has 1 saturated heterocycles. The number of fused-ring (bicyclic) bond motifs is 1. The normalized spacial score (nSPS) is 14.4. The predicted octanol–water partition coefficient (Wildman–Crippen LogP) is 3.93. The van der Waals surface area contributed by atoms with Crippen LogP contribution >= 0.6 is 0 Å². The molecule has 0 bridgehead atoms. The van der Waals surface area contributed by atoms with Gasteiger partial charge in [-0.15, -0.1) is 0 Å². The molecule has 2 N–H and O–H groups in total. The minimum atomic E-state index is -0.123. The summed E-state index contributed by atoms with van der Waals surface area (Å²) >= 11 is 0. The second-order valence-corrected chi connectivity index (χ2v) is 8.32. The number of anilines is 1. The third kappa shape index (κ3) is 5.11. The number of amides is 1. The molecule has 8 nitrogen and oxygen atoms in total. The van der Waals surface area contributed by atoms with Crippen molar-refractivity contribution in [3.05, 3.63) is 47.3 Å². The molecule has 8 heteroatoms. The number of carbonyl (C=O) groups excluding carboxylic acids is 1. The molecule has 0 radical (unpaired) electrons. The van der Waals surface area contributed by atoms with Crippen molar-refractivity contribution in [1.29, 1.82) is 0 Å². The number of rotatable bonds is 9. The fourth-order valence-corrected chi connectivity index (χ4v) is 4.24. The molecule has 0 saturated carbocycles. The number of aromatic nitrogens is 3. The highest BCUT2D eigenvalue weighted by Crippen LogP contribution is 2.31. The highest BCUT2D eigenvalue weighted by atomic mass is 16.5. The molecule has 0 spiro atoms. The Hall–Kier alpha value is -3.13. The van der Waals surface area contributed by atoms with E-state index in [2.05, 4.69) is 29.6 Å². The molecule has 3 aromatic rings. The van der Waals surface area contributed by atoms with Crippen molar-refractivity contribution < 1.29 is 14.3 Å². The molecule has 0 aliphatic carbocycles. The van der Waals surface area contributed by atoms with E-state index in [1.807, 2.05) is 35.1 Å². The van der Waals surface area contributed by atoms with E-state index in [9.17, 15) is 4.79 Å². The number of benzene rings is 1. The summed E-state index contributed by atoms with van der Waals surface area (Å²) in [5.74, 6) is 0.670. The Balaban J connectivity index is 1.70. The third-order valence-electron chi connectivity index (χ3n) is 6.06. The average molecular weight is 452 g/mol. The fraction of sp³-hybridized carbons (Fsp3) is 0.480. The first-order valence-corrected chi connectivity index (χ1v) is 11.8. The van der Waals surface area contributed by atoms with Gasteiger partial charge in [0.2, 0.25) is 0 Å². The molecule has 33 heavy (non-hydrogen) atoms. The van der Waals surface area contributed by atoms with Crippen molar-refractivity contribution in [2.24, 2.45) is 0 Å². The molecule has 1 amide bonds. The number of hydrogen-bond acceptors (Lipinski definition) is 6. The number of aryl methyl sites for hydroxylation is 2. The van der Waals surface area contributed by atoms with Crippen LogP contribution in [-0.4, -0.2) is 47.0 Å². The lowest BCUT2D eigenvalue weighted by atomic mass is 10.0. The van der Waals surface area contributed by atoms with Crippen LogP contribution in [0, 0.1) is 0 Å². The van der Waals surface area contributed by atoms with Gasteiger partial charge in [0.25, 0.3) is 5.91 Å². The molecule has 1 fully saturated rings. The summed E-state index contributed by atoms with van der Waals surface area (Å²) in [5, 5.41) is 12.2. The van der Waals surface area contributed by atoms with Crippen LogP contribution in [0.4, 0.5) is 5.69 Å². The highest BCUT2D eigenvalue weighted by molar-refractivity contribution is 6.07. The number of pyridine rings is 1. The van der Waals surface area contributed by atoms with E-state index in [4.69, 9.17) is 14.5 Å². The first-order chi connectivity index (χ1) is 16.1. The zero-order valence-corrected chi connectivity index (χ0v) is 19.7. The first-order valence-electron chi connectivity index (χ1n) is 11.8. The second-order valence-electron chi connectivity index (χ2n) is 8.32. The van der Waals surface area contributed by atoms with E-state index < -0.39 is 0 Å². The molecule has 1 aliphatic heterocycles. The van der Waals surface area contributed by atoms with Crippen molar-refractivity contribution in [3.63, 3.8) is 0 Å². The monoisotopic (exact) mass is 451 g/mol. The van der Waals surface area contributed by atoms with Gasteiger partial charge in [0.05, 0.1) is 35.6 Å². The number of nitrogens with one attached hydrogen (secondary N) is 2. The van der Waals surface area contributed by atoms with Gasteiger partial charge in [-0.25, -0.2) is 9.67 Å². The standard InChI is InChI=1S/C25H33N5O3/c1-4-6-21-22(25(31)26-15-17-7-9-19(32-3)10-8-17)23(28-18-11-13-33-14-12-18)20-16-27-30(5-2)24(20)29-21/h7-10,16,18H,4-6,11-15H2,1-3H3,(H,26,31)(H,28,29). The summed E-state index contributed by atoms with van der Waals surface area (Å²) in [5.41, 5.74) is 4.10. The smallest absolute Gasteiger partial charge is 0.255 e. The van der Waals surface area contributed by atoms with Crippen molar-refractivity contribution in [2.75, 3.05) is 25.6 Å². The lowest BCUT2D eigenvalue weighted by molar-refractivity contribution is 0.0903. The van der Waals surface area contributed by atoms with E-state index in [0.717, 1.165) is 79.2 Å². The van der Waals surface area contributed by atoms with Crippen LogP contribution in [0.15, 0.2) is 30.5 Å². The van der Waals surface area contributed by atoms with Gasteiger partial charge >= 0.3 is 0 Å². The number of carbonyl (C=O) groups is 1. The van der Waals surface area contributed by atoms with Crippen LogP contribution in [0.1, 0.15) is 54.7 Å². The van der Waals surface area contributed by atoms with E-state index in [0.29, 0.717) is 12.1 Å². The Kier molecular flexibility index (Phi) is 7.44. The SMILES string of the molecule is CCCc1nc2c(cnn2CC)c(NC2CCOCC2)c1C(=O)NCc1ccc(OC)cc1.